The Morgan fingerprint density at radius 3 is 2.78 bits per heavy atom. The highest BCUT2D eigenvalue weighted by Crippen LogP contribution is 2.32. The number of esters is 1. The summed E-state index contributed by atoms with van der Waals surface area (Å²) < 4.78 is 6.75. The van der Waals surface area contributed by atoms with Gasteiger partial charge in [-0.15, -0.1) is 0 Å². The van der Waals surface area contributed by atoms with E-state index in [0.717, 1.165) is 33.6 Å². The number of aromatic amines is 1. The standard InChI is InChI=1S/C20H21N5O2/c1-20(2,3)23-18-17(12-5-6-13-10-21-24-15(13)9-12)22-16-8-7-14(11-25(16)18)19(26)27-4/h5-11,23H,1-4H3,(H,21,24). The summed E-state index contributed by atoms with van der Waals surface area (Å²) in [4.78, 5) is 16.8. The molecule has 138 valence electrons. The Morgan fingerprint density at radius 2 is 2.04 bits per heavy atom. The van der Waals surface area contributed by atoms with E-state index in [1.54, 1.807) is 18.5 Å². The highest BCUT2D eigenvalue weighted by molar-refractivity contribution is 5.90. The average molecular weight is 363 g/mol. The van der Waals surface area contributed by atoms with Crippen LogP contribution in [-0.2, 0) is 4.74 Å². The van der Waals surface area contributed by atoms with Crippen molar-refractivity contribution in [1.82, 2.24) is 19.6 Å². The van der Waals surface area contributed by atoms with Crippen LogP contribution in [0.1, 0.15) is 31.1 Å². The molecule has 0 aliphatic rings. The molecule has 0 amide bonds. The first-order chi connectivity index (χ1) is 12.9. The van der Waals surface area contributed by atoms with E-state index in [0.29, 0.717) is 5.56 Å². The van der Waals surface area contributed by atoms with Gasteiger partial charge in [-0.25, -0.2) is 9.78 Å². The molecule has 3 heterocycles. The summed E-state index contributed by atoms with van der Waals surface area (Å²) in [6, 6.07) is 9.60. The van der Waals surface area contributed by atoms with Gasteiger partial charge in [-0.2, -0.15) is 5.10 Å². The maximum Gasteiger partial charge on any atom is 0.339 e. The second-order valence-electron chi connectivity index (χ2n) is 7.49. The number of hydrogen-bond acceptors (Lipinski definition) is 5. The van der Waals surface area contributed by atoms with E-state index in [1.165, 1.54) is 7.11 Å². The molecule has 2 N–H and O–H groups in total. The van der Waals surface area contributed by atoms with Crippen LogP contribution in [0.15, 0.2) is 42.7 Å². The molecule has 0 radical (unpaired) electrons. The largest absolute Gasteiger partial charge is 0.465 e. The number of nitrogens with one attached hydrogen (secondary N) is 2. The quantitative estimate of drug-likeness (QED) is 0.540. The third-order valence-electron chi connectivity index (χ3n) is 4.25. The van der Waals surface area contributed by atoms with Gasteiger partial charge in [0.05, 0.1) is 24.4 Å². The summed E-state index contributed by atoms with van der Waals surface area (Å²) in [6.07, 6.45) is 3.54. The maximum absolute atomic E-state index is 12.0. The van der Waals surface area contributed by atoms with E-state index in [-0.39, 0.29) is 11.5 Å². The van der Waals surface area contributed by atoms with E-state index in [2.05, 4.69) is 36.3 Å². The lowest BCUT2D eigenvalue weighted by Crippen LogP contribution is -2.27. The molecule has 0 spiro atoms. The number of benzene rings is 1. The lowest BCUT2D eigenvalue weighted by atomic mass is 10.1. The SMILES string of the molecule is COC(=O)c1ccc2nc(-c3ccc4cn[nH]c4c3)c(NC(C)(C)C)n2c1. The Balaban J connectivity index is 1.95. The van der Waals surface area contributed by atoms with Gasteiger partial charge in [0.1, 0.15) is 17.2 Å². The van der Waals surface area contributed by atoms with Gasteiger partial charge in [0, 0.05) is 22.7 Å². The van der Waals surface area contributed by atoms with Crippen LogP contribution in [0.3, 0.4) is 0 Å². The summed E-state index contributed by atoms with van der Waals surface area (Å²) in [5.74, 6) is 0.440. The van der Waals surface area contributed by atoms with E-state index >= 15 is 0 Å². The number of imidazole rings is 1. The van der Waals surface area contributed by atoms with Crippen molar-refractivity contribution in [2.45, 2.75) is 26.3 Å². The van der Waals surface area contributed by atoms with Crippen LogP contribution in [0.2, 0.25) is 0 Å². The summed E-state index contributed by atoms with van der Waals surface area (Å²) in [6.45, 7) is 6.25. The van der Waals surface area contributed by atoms with Crippen LogP contribution >= 0.6 is 0 Å². The number of methoxy groups -OCH3 is 1. The van der Waals surface area contributed by atoms with Gasteiger partial charge in [0.25, 0.3) is 0 Å². The van der Waals surface area contributed by atoms with Gasteiger partial charge in [-0.05, 0) is 39.0 Å². The second-order valence-corrected chi connectivity index (χ2v) is 7.49. The molecule has 0 aliphatic heterocycles. The highest BCUT2D eigenvalue weighted by atomic mass is 16.5. The number of ether oxygens (including phenoxy) is 1. The van der Waals surface area contributed by atoms with Crippen molar-refractivity contribution in [2.24, 2.45) is 0 Å². The molecule has 0 aliphatic carbocycles. The molecule has 4 aromatic rings. The molecule has 7 heteroatoms. The smallest absolute Gasteiger partial charge is 0.339 e. The van der Waals surface area contributed by atoms with Gasteiger partial charge in [-0.1, -0.05) is 12.1 Å². The zero-order valence-corrected chi connectivity index (χ0v) is 15.7. The molecular weight excluding hydrogens is 342 g/mol. The van der Waals surface area contributed by atoms with E-state index in [4.69, 9.17) is 9.72 Å². The number of anilines is 1. The summed E-state index contributed by atoms with van der Waals surface area (Å²) in [5, 5.41) is 11.6. The minimum atomic E-state index is -0.382. The number of carbonyl (C=O) groups excluding carboxylic acids is 1. The van der Waals surface area contributed by atoms with Crippen LogP contribution < -0.4 is 5.32 Å². The highest BCUT2D eigenvalue weighted by Gasteiger charge is 2.20. The molecule has 7 nitrogen and oxygen atoms in total. The minimum Gasteiger partial charge on any atom is -0.465 e. The van der Waals surface area contributed by atoms with Crippen molar-refractivity contribution in [3.8, 4) is 11.3 Å². The van der Waals surface area contributed by atoms with Gasteiger partial charge < -0.3 is 10.1 Å². The Bertz CT molecular complexity index is 1150. The topological polar surface area (TPSA) is 84.3 Å². The van der Waals surface area contributed by atoms with Gasteiger partial charge in [-0.3, -0.25) is 9.50 Å². The van der Waals surface area contributed by atoms with Crippen molar-refractivity contribution in [3.63, 3.8) is 0 Å². The van der Waals surface area contributed by atoms with Crippen molar-refractivity contribution in [2.75, 3.05) is 12.4 Å². The van der Waals surface area contributed by atoms with Crippen LogP contribution in [0.25, 0.3) is 27.8 Å². The van der Waals surface area contributed by atoms with Crippen molar-refractivity contribution < 1.29 is 9.53 Å². The predicted octanol–water partition coefficient (Wildman–Crippen LogP) is 3.87. The first-order valence-electron chi connectivity index (χ1n) is 8.68. The van der Waals surface area contributed by atoms with Gasteiger partial charge in [0.15, 0.2) is 0 Å². The van der Waals surface area contributed by atoms with Crippen molar-refractivity contribution in [1.29, 1.82) is 0 Å². The number of H-pyrrole nitrogens is 1. The normalized spacial score (nSPS) is 11.9. The number of fused-ring (bicyclic) bond motifs is 2. The Morgan fingerprint density at radius 1 is 1.22 bits per heavy atom. The molecule has 0 saturated heterocycles. The molecule has 3 aromatic heterocycles. The number of hydrogen-bond donors (Lipinski definition) is 2. The predicted molar refractivity (Wildman–Crippen MR) is 105 cm³/mol. The van der Waals surface area contributed by atoms with Crippen LogP contribution in [0.5, 0.6) is 0 Å². The molecule has 0 saturated carbocycles. The second kappa shape index (κ2) is 6.12. The molecule has 27 heavy (non-hydrogen) atoms. The van der Waals surface area contributed by atoms with Crippen LogP contribution in [0, 0.1) is 0 Å². The molecule has 0 atom stereocenters. The number of aromatic nitrogens is 4. The fourth-order valence-corrected chi connectivity index (χ4v) is 3.04. The zero-order valence-electron chi connectivity index (χ0n) is 15.7. The molecule has 0 fully saturated rings. The Hall–Kier alpha value is -3.35. The third-order valence-corrected chi connectivity index (χ3v) is 4.25. The fraction of sp³-hybridized carbons (Fsp3) is 0.250. The van der Waals surface area contributed by atoms with Crippen molar-refractivity contribution in [3.05, 3.63) is 48.3 Å². The van der Waals surface area contributed by atoms with Gasteiger partial charge >= 0.3 is 5.97 Å². The number of pyridine rings is 1. The van der Waals surface area contributed by atoms with E-state index < -0.39 is 0 Å². The Kier molecular flexibility index (Phi) is 3.87. The number of rotatable bonds is 3. The first kappa shape index (κ1) is 17.1. The van der Waals surface area contributed by atoms with E-state index in [9.17, 15) is 4.79 Å². The van der Waals surface area contributed by atoms with Crippen LogP contribution in [0.4, 0.5) is 5.82 Å². The van der Waals surface area contributed by atoms with Crippen LogP contribution in [-0.4, -0.2) is 38.2 Å². The molecule has 0 bridgehead atoms. The minimum absolute atomic E-state index is 0.190. The average Bonchev–Trinajstić information content (AvgIpc) is 3.23. The third kappa shape index (κ3) is 3.12. The molecular formula is C20H21N5O2. The molecule has 1 aromatic carbocycles. The van der Waals surface area contributed by atoms with Crippen molar-refractivity contribution >= 4 is 28.3 Å². The lowest BCUT2D eigenvalue weighted by Gasteiger charge is -2.22. The molecule has 0 unspecified atom stereocenters. The van der Waals surface area contributed by atoms with Gasteiger partial charge in [0.2, 0.25) is 0 Å². The first-order valence-corrected chi connectivity index (χ1v) is 8.68. The lowest BCUT2D eigenvalue weighted by molar-refractivity contribution is 0.0600. The zero-order chi connectivity index (χ0) is 19.2. The number of nitrogens with zero attached hydrogens (tertiary/aromatic N) is 3. The fourth-order valence-electron chi connectivity index (χ4n) is 3.04. The summed E-state index contributed by atoms with van der Waals surface area (Å²) in [7, 11) is 1.37. The Labute approximate surface area is 156 Å². The maximum atomic E-state index is 12.0. The van der Waals surface area contributed by atoms with E-state index in [1.807, 2.05) is 28.7 Å². The summed E-state index contributed by atoms with van der Waals surface area (Å²) in [5.41, 5.74) is 3.74. The number of carbonyl (C=O) groups is 1. The molecule has 4 rings (SSSR count). The summed E-state index contributed by atoms with van der Waals surface area (Å²) >= 11 is 0. The monoisotopic (exact) mass is 363 g/mol.